The van der Waals surface area contributed by atoms with Gasteiger partial charge in [-0.3, -0.25) is 0 Å². The van der Waals surface area contributed by atoms with Gasteiger partial charge in [0.1, 0.15) is 23.2 Å². The molecule has 6 aromatic rings. The van der Waals surface area contributed by atoms with Gasteiger partial charge in [-0.15, -0.1) is 9.97 Å². The highest BCUT2D eigenvalue weighted by Gasteiger charge is 2.26. The lowest BCUT2D eigenvalue weighted by molar-refractivity contribution is 1.20. The molecule has 0 radical (unpaired) electrons. The van der Waals surface area contributed by atoms with Crippen LogP contribution in [0.2, 0.25) is 0 Å². The Morgan fingerprint density at radius 1 is 0.559 bits per heavy atom. The van der Waals surface area contributed by atoms with E-state index in [0.29, 0.717) is 21.8 Å². The third kappa shape index (κ3) is 2.37. The van der Waals surface area contributed by atoms with Crippen molar-refractivity contribution in [3.63, 3.8) is 0 Å². The van der Waals surface area contributed by atoms with Crippen molar-refractivity contribution in [2.24, 2.45) is 0 Å². The quantitative estimate of drug-likeness (QED) is 0.219. The van der Waals surface area contributed by atoms with Gasteiger partial charge < -0.3 is 9.69 Å². The van der Waals surface area contributed by atoms with Crippen LogP contribution in [0.5, 0.6) is 0 Å². The summed E-state index contributed by atoms with van der Waals surface area (Å²) in [6, 6.07) is 19.5. The fourth-order valence-corrected chi connectivity index (χ4v) is 4.47. The molecule has 34 heavy (non-hydrogen) atoms. The van der Waals surface area contributed by atoms with Gasteiger partial charge in [-0.25, -0.2) is 9.97 Å². The highest BCUT2D eigenvalue weighted by Crippen LogP contribution is 2.43. The average molecular weight is 432 g/mol. The summed E-state index contributed by atoms with van der Waals surface area (Å²) in [6.07, 6.45) is 0. The van der Waals surface area contributed by atoms with E-state index >= 15 is 0 Å². The van der Waals surface area contributed by atoms with Gasteiger partial charge in [-0.1, -0.05) is 61.7 Å². The lowest BCUT2D eigenvalue weighted by Crippen LogP contribution is -2.00. The maximum absolute atomic E-state index is 9.63. The first-order chi connectivity index (χ1) is 16.7. The maximum atomic E-state index is 9.63. The zero-order chi connectivity index (χ0) is 23.4. The minimum Gasteiger partial charge on any atom is -0.370 e. The van der Waals surface area contributed by atoms with Gasteiger partial charge in [0, 0.05) is 10.8 Å². The van der Waals surface area contributed by atoms with Crippen LogP contribution >= 0.6 is 0 Å². The number of nitriles is 2. The number of nitrogens with zero attached hydrogens (tertiary/aromatic N) is 8. The first kappa shape index (κ1) is 19.0. The van der Waals surface area contributed by atoms with Crippen molar-refractivity contribution >= 4 is 66.0 Å². The molecular weight excluding hydrogens is 424 g/mol. The number of fused-ring (bicyclic) bond motifs is 11. The molecule has 0 bridgehead atoms. The minimum absolute atomic E-state index is 0.0935. The topological polar surface area (TPSA) is 108 Å². The highest BCUT2D eigenvalue weighted by molar-refractivity contribution is 6.37. The molecule has 0 N–H and O–H groups in total. The third-order valence-electron chi connectivity index (χ3n) is 5.81. The standard InChI is InChI=1S/C26H8N8/c1-29-25-26(30-2)34-24-22(33-25)20-16-10-6-4-8-14(16)13-7-3-5-9-15(13)19(20)21-23(24)32-18(12-28)17(11-27)31-21/h3-10H. The molecule has 0 saturated carbocycles. The van der Waals surface area contributed by atoms with E-state index in [1.807, 2.05) is 60.7 Å². The molecule has 0 atom stereocenters. The van der Waals surface area contributed by atoms with E-state index in [9.17, 15) is 10.5 Å². The summed E-state index contributed by atoms with van der Waals surface area (Å²) in [7, 11) is 0. The van der Waals surface area contributed by atoms with Crippen LogP contribution in [-0.4, -0.2) is 19.9 Å². The molecule has 0 spiro atoms. The lowest BCUT2D eigenvalue weighted by atomic mass is 9.92. The van der Waals surface area contributed by atoms with E-state index in [1.54, 1.807) is 0 Å². The van der Waals surface area contributed by atoms with Crippen molar-refractivity contribution in [3.05, 3.63) is 82.8 Å². The SMILES string of the molecule is [C-]#[N+]c1nc2c3nc(C#N)c(C#N)nc3c3c4ccccc4c4ccccc4c3c2nc1[N+]#[C-]. The molecule has 6 rings (SSSR count). The van der Waals surface area contributed by atoms with Crippen LogP contribution in [0.15, 0.2) is 48.5 Å². The first-order valence-corrected chi connectivity index (χ1v) is 10.0. The van der Waals surface area contributed by atoms with Gasteiger partial charge in [0.05, 0.1) is 0 Å². The predicted octanol–water partition coefficient (Wildman–Crippen LogP) is 5.88. The van der Waals surface area contributed by atoms with E-state index in [4.69, 9.17) is 13.1 Å². The highest BCUT2D eigenvalue weighted by atomic mass is 15.0. The van der Waals surface area contributed by atoms with Crippen LogP contribution in [0.1, 0.15) is 11.4 Å². The molecule has 0 aliphatic rings. The second-order valence-corrected chi connectivity index (χ2v) is 7.47. The summed E-state index contributed by atoms with van der Waals surface area (Å²) in [5.74, 6) is -0.264. The zero-order valence-electron chi connectivity index (χ0n) is 17.2. The van der Waals surface area contributed by atoms with E-state index in [0.717, 1.165) is 21.5 Å². The van der Waals surface area contributed by atoms with Crippen LogP contribution in [0.25, 0.3) is 64.1 Å². The van der Waals surface area contributed by atoms with Gasteiger partial charge in [0.2, 0.25) is 11.0 Å². The van der Waals surface area contributed by atoms with E-state index in [1.165, 1.54) is 0 Å². The molecule has 0 aliphatic carbocycles. The molecule has 2 heterocycles. The van der Waals surface area contributed by atoms with E-state index < -0.39 is 0 Å². The summed E-state index contributed by atoms with van der Waals surface area (Å²) < 4.78 is 0. The molecule has 152 valence electrons. The summed E-state index contributed by atoms with van der Waals surface area (Å²) in [6.45, 7) is 15.0. The smallest absolute Gasteiger partial charge is 0.294 e. The Bertz CT molecular complexity index is 1920. The van der Waals surface area contributed by atoms with Crippen molar-refractivity contribution in [1.82, 2.24) is 19.9 Å². The van der Waals surface area contributed by atoms with Gasteiger partial charge in [-0.2, -0.15) is 10.5 Å². The number of rotatable bonds is 0. The Labute approximate surface area is 191 Å². The van der Waals surface area contributed by atoms with Crippen molar-refractivity contribution in [2.45, 2.75) is 0 Å². The van der Waals surface area contributed by atoms with Gasteiger partial charge >= 0.3 is 0 Å². The molecule has 0 amide bonds. The van der Waals surface area contributed by atoms with E-state index in [2.05, 4.69) is 29.6 Å². The Balaban J connectivity index is 2.09. The van der Waals surface area contributed by atoms with Gasteiger partial charge in [0.15, 0.2) is 11.4 Å². The molecule has 2 aromatic heterocycles. The Kier molecular flexibility index (Phi) is 3.86. The summed E-state index contributed by atoms with van der Waals surface area (Å²) in [4.78, 5) is 24.7. The van der Waals surface area contributed by atoms with Crippen molar-refractivity contribution in [2.75, 3.05) is 0 Å². The van der Waals surface area contributed by atoms with Crippen LogP contribution in [0.4, 0.5) is 11.6 Å². The second-order valence-electron chi connectivity index (χ2n) is 7.47. The third-order valence-corrected chi connectivity index (χ3v) is 5.81. The van der Waals surface area contributed by atoms with Crippen molar-refractivity contribution < 1.29 is 0 Å². The van der Waals surface area contributed by atoms with Gasteiger partial charge in [-0.05, 0) is 21.5 Å². The largest absolute Gasteiger partial charge is 0.370 e. The molecule has 8 heteroatoms. The zero-order valence-corrected chi connectivity index (χ0v) is 17.2. The monoisotopic (exact) mass is 432 g/mol. The van der Waals surface area contributed by atoms with Crippen LogP contribution in [-0.2, 0) is 0 Å². The first-order valence-electron chi connectivity index (χ1n) is 10.0. The van der Waals surface area contributed by atoms with E-state index in [-0.39, 0.29) is 34.1 Å². The fraction of sp³-hybridized carbons (Fsp3) is 0. The summed E-state index contributed by atoms with van der Waals surface area (Å²) >= 11 is 0. The Morgan fingerprint density at radius 3 is 1.41 bits per heavy atom. The number of benzene rings is 4. The second kappa shape index (κ2) is 6.90. The molecular formula is C26H8N8. The summed E-state index contributed by atoms with van der Waals surface area (Å²) in [5, 5.41) is 24.3. The average Bonchev–Trinajstić information content (AvgIpc) is 2.91. The van der Waals surface area contributed by atoms with Crippen LogP contribution in [0.3, 0.4) is 0 Å². The normalized spacial score (nSPS) is 10.8. The molecule has 4 aromatic carbocycles. The number of hydrogen-bond acceptors (Lipinski definition) is 6. The molecule has 0 unspecified atom stereocenters. The van der Waals surface area contributed by atoms with Crippen LogP contribution < -0.4 is 0 Å². The predicted molar refractivity (Wildman–Crippen MR) is 127 cm³/mol. The summed E-state index contributed by atoms with van der Waals surface area (Å²) in [5.41, 5.74) is 1.07. The lowest BCUT2D eigenvalue weighted by Gasteiger charge is -2.13. The van der Waals surface area contributed by atoms with Gasteiger partial charge in [0.25, 0.3) is 11.6 Å². The molecule has 0 fully saturated rings. The minimum atomic E-state index is -0.155. The molecule has 0 saturated heterocycles. The van der Waals surface area contributed by atoms with Crippen molar-refractivity contribution in [1.29, 1.82) is 10.5 Å². The van der Waals surface area contributed by atoms with Crippen LogP contribution in [0, 0.1) is 35.8 Å². The molecule has 8 nitrogen and oxygen atoms in total. The molecule has 0 aliphatic heterocycles. The van der Waals surface area contributed by atoms with Crippen molar-refractivity contribution in [3.8, 4) is 12.1 Å². The fourth-order valence-electron chi connectivity index (χ4n) is 4.47. The maximum Gasteiger partial charge on any atom is 0.294 e. The Hall–Kier alpha value is -5.70. The number of aromatic nitrogens is 4. The Morgan fingerprint density at radius 2 is 0.941 bits per heavy atom. The number of hydrogen-bond donors (Lipinski definition) is 0.